The van der Waals surface area contributed by atoms with Gasteiger partial charge in [0.05, 0.1) is 38.1 Å². The Morgan fingerprint density at radius 2 is 1.81 bits per heavy atom. The number of anilines is 1. The van der Waals surface area contributed by atoms with Gasteiger partial charge in [-0.15, -0.1) is 0 Å². The lowest BCUT2D eigenvalue weighted by atomic mass is 10.1. The van der Waals surface area contributed by atoms with Crippen molar-refractivity contribution in [2.75, 3.05) is 25.1 Å². The van der Waals surface area contributed by atoms with Crippen molar-refractivity contribution >= 4 is 17.5 Å². The second-order valence-electron chi connectivity index (χ2n) is 8.86. The first kappa shape index (κ1) is 24.1. The molecule has 0 atom stereocenters. The molecule has 37 heavy (non-hydrogen) atoms. The number of rotatable bonds is 9. The van der Waals surface area contributed by atoms with Gasteiger partial charge in [-0.25, -0.2) is 4.68 Å². The number of aromatic nitrogens is 3. The summed E-state index contributed by atoms with van der Waals surface area (Å²) in [7, 11) is 1.66. The van der Waals surface area contributed by atoms with Gasteiger partial charge in [0.25, 0.3) is 0 Å². The zero-order valence-corrected chi connectivity index (χ0v) is 20.6. The molecular weight excluding hydrogens is 468 g/mol. The lowest BCUT2D eigenvalue weighted by Crippen LogP contribution is -2.51. The van der Waals surface area contributed by atoms with E-state index in [1.54, 1.807) is 19.5 Å². The monoisotopic (exact) mass is 496 g/mol. The first-order valence-corrected chi connectivity index (χ1v) is 12.0. The van der Waals surface area contributed by atoms with Crippen LogP contribution in [0.1, 0.15) is 16.8 Å². The Kier molecular flexibility index (Phi) is 7.12. The maximum atomic E-state index is 12.3. The standard InChI is InChI=1S/C28H28N6O3/c1-37-26-5-2-4-22(14-26)18-32(17-21-6-8-24(9-7-21)34-13-3-11-31-34)25-10-12-29-23(15-25)19-33-20-27(35)30-16-28(33)36/h2-15H,16-20H2,1H3,(H,30,35). The molecule has 1 saturated heterocycles. The molecule has 3 heterocycles. The minimum absolute atomic E-state index is 0.0228. The van der Waals surface area contributed by atoms with Crippen LogP contribution in [0.5, 0.6) is 5.75 Å². The molecule has 1 aliphatic heterocycles. The van der Waals surface area contributed by atoms with Gasteiger partial charge in [0, 0.05) is 37.4 Å². The van der Waals surface area contributed by atoms with E-state index in [2.05, 4.69) is 50.6 Å². The summed E-state index contributed by atoms with van der Waals surface area (Å²) in [5.74, 6) is 0.532. The van der Waals surface area contributed by atoms with Gasteiger partial charge in [-0.05, 0) is 53.6 Å². The second kappa shape index (κ2) is 10.9. The summed E-state index contributed by atoms with van der Waals surface area (Å²) in [5, 5.41) is 6.88. The van der Waals surface area contributed by atoms with Crippen LogP contribution in [-0.4, -0.2) is 51.7 Å². The number of piperazine rings is 1. The van der Waals surface area contributed by atoms with Gasteiger partial charge in [0.15, 0.2) is 0 Å². The summed E-state index contributed by atoms with van der Waals surface area (Å²) in [6, 6.07) is 22.2. The van der Waals surface area contributed by atoms with Crippen molar-refractivity contribution in [1.82, 2.24) is 25.0 Å². The lowest BCUT2D eigenvalue weighted by Gasteiger charge is -2.28. The molecule has 2 aromatic carbocycles. The molecule has 0 spiro atoms. The number of nitrogens with zero attached hydrogens (tertiary/aromatic N) is 5. The van der Waals surface area contributed by atoms with Crippen molar-refractivity contribution in [1.29, 1.82) is 0 Å². The van der Waals surface area contributed by atoms with E-state index in [1.807, 2.05) is 47.3 Å². The molecule has 0 unspecified atom stereocenters. The Morgan fingerprint density at radius 1 is 0.973 bits per heavy atom. The number of methoxy groups -OCH3 is 1. The van der Waals surface area contributed by atoms with Crippen molar-refractivity contribution in [3.63, 3.8) is 0 Å². The smallest absolute Gasteiger partial charge is 0.242 e. The molecule has 2 amide bonds. The molecule has 1 fully saturated rings. The Balaban J connectivity index is 1.40. The number of amides is 2. The minimum atomic E-state index is -0.158. The Bertz CT molecular complexity index is 1370. The van der Waals surface area contributed by atoms with Gasteiger partial charge in [-0.2, -0.15) is 5.10 Å². The number of ether oxygens (including phenoxy) is 1. The van der Waals surface area contributed by atoms with Gasteiger partial charge in [0.2, 0.25) is 11.8 Å². The zero-order chi connectivity index (χ0) is 25.6. The molecule has 0 saturated carbocycles. The van der Waals surface area contributed by atoms with E-state index in [1.165, 1.54) is 4.90 Å². The molecule has 5 rings (SSSR count). The average molecular weight is 497 g/mol. The summed E-state index contributed by atoms with van der Waals surface area (Å²) in [6.45, 7) is 1.65. The quantitative estimate of drug-likeness (QED) is 0.383. The fourth-order valence-electron chi connectivity index (χ4n) is 4.32. The van der Waals surface area contributed by atoms with Crippen molar-refractivity contribution < 1.29 is 14.3 Å². The van der Waals surface area contributed by atoms with Crippen molar-refractivity contribution in [3.05, 3.63) is 102 Å². The number of carbonyl (C=O) groups is 2. The fraction of sp³-hybridized carbons (Fsp3) is 0.214. The molecule has 0 bridgehead atoms. The van der Waals surface area contributed by atoms with Crippen LogP contribution in [0.15, 0.2) is 85.3 Å². The van der Waals surface area contributed by atoms with Crippen molar-refractivity contribution in [2.24, 2.45) is 0 Å². The molecule has 2 aromatic heterocycles. The van der Waals surface area contributed by atoms with E-state index in [-0.39, 0.29) is 31.4 Å². The van der Waals surface area contributed by atoms with Crippen LogP contribution in [0.3, 0.4) is 0 Å². The third-order valence-electron chi connectivity index (χ3n) is 6.23. The van der Waals surface area contributed by atoms with Gasteiger partial charge in [-0.1, -0.05) is 24.3 Å². The maximum absolute atomic E-state index is 12.3. The number of benzene rings is 2. The van der Waals surface area contributed by atoms with Gasteiger partial charge >= 0.3 is 0 Å². The molecule has 0 aliphatic carbocycles. The number of hydrogen-bond acceptors (Lipinski definition) is 6. The second-order valence-corrected chi connectivity index (χ2v) is 8.86. The first-order valence-electron chi connectivity index (χ1n) is 12.0. The highest BCUT2D eigenvalue weighted by atomic mass is 16.5. The molecule has 9 nitrogen and oxygen atoms in total. The summed E-state index contributed by atoms with van der Waals surface area (Å²) < 4.78 is 7.25. The summed E-state index contributed by atoms with van der Waals surface area (Å²) in [4.78, 5) is 32.3. The van der Waals surface area contributed by atoms with E-state index in [0.29, 0.717) is 13.1 Å². The highest BCUT2D eigenvalue weighted by molar-refractivity contribution is 5.92. The van der Waals surface area contributed by atoms with E-state index in [4.69, 9.17) is 4.74 Å². The predicted molar refractivity (Wildman–Crippen MR) is 139 cm³/mol. The number of nitrogens with one attached hydrogen (secondary N) is 1. The minimum Gasteiger partial charge on any atom is -0.497 e. The Morgan fingerprint density at radius 3 is 2.59 bits per heavy atom. The van der Waals surface area contributed by atoms with E-state index >= 15 is 0 Å². The molecule has 4 aromatic rings. The van der Waals surface area contributed by atoms with Gasteiger partial charge in [-0.3, -0.25) is 14.6 Å². The highest BCUT2D eigenvalue weighted by Gasteiger charge is 2.23. The maximum Gasteiger partial charge on any atom is 0.242 e. The molecule has 0 radical (unpaired) electrons. The Labute approximate surface area is 215 Å². The topological polar surface area (TPSA) is 92.6 Å². The van der Waals surface area contributed by atoms with E-state index in [0.717, 1.165) is 33.9 Å². The van der Waals surface area contributed by atoms with Crippen LogP contribution in [0.4, 0.5) is 5.69 Å². The first-order chi connectivity index (χ1) is 18.1. The molecule has 9 heteroatoms. The van der Waals surface area contributed by atoms with Gasteiger partial charge in [0.1, 0.15) is 5.75 Å². The van der Waals surface area contributed by atoms with Crippen LogP contribution >= 0.6 is 0 Å². The molecular formula is C28H28N6O3. The lowest BCUT2D eigenvalue weighted by molar-refractivity contribution is -0.141. The normalized spacial score (nSPS) is 13.4. The van der Waals surface area contributed by atoms with Gasteiger partial charge < -0.3 is 19.9 Å². The summed E-state index contributed by atoms with van der Waals surface area (Å²) in [5.41, 5.74) is 4.94. The fourth-order valence-corrected chi connectivity index (χ4v) is 4.32. The molecule has 1 N–H and O–H groups in total. The number of hydrogen-bond donors (Lipinski definition) is 1. The van der Waals surface area contributed by atoms with Crippen LogP contribution < -0.4 is 15.0 Å². The number of pyridine rings is 1. The largest absolute Gasteiger partial charge is 0.497 e. The zero-order valence-electron chi connectivity index (χ0n) is 20.6. The summed E-state index contributed by atoms with van der Waals surface area (Å²) in [6.07, 6.45) is 5.42. The predicted octanol–water partition coefficient (Wildman–Crippen LogP) is 2.94. The van der Waals surface area contributed by atoms with Crippen molar-refractivity contribution in [2.45, 2.75) is 19.6 Å². The molecule has 188 valence electrons. The number of carbonyl (C=O) groups excluding carboxylic acids is 2. The third kappa shape index (κ3) is 5.95. The third-order valence-corrected chi connectivity index (χ3v) is 6.23. The van der Waals surface area contributed by atoms with Crippen LogP contribution in [-0.2, 0) is 29.2 Å². The van der Waals surface area contributed by atoms with E-state index < -0.39 is 0 Å². The van der Waals surface area contributed by atoms with Crippen LogP contribution in [0.2, 0.25) is 0 Å². The van der Waals surface area contributed by atoms with E-state index in [9.17, 15) is 9.59 Å². The Hall–Kier alpha value is -4.66. The van der Waals surface area contributed by atoms with Crippen LogP contribution in [0, 0.1) is 0 Å². The van der Waals surface area contributed by atoms with Crippen molar-refractivity contribution in [3.8, 4) is 11.4 Å². The summed E-state index contributed by atoms with van der Waals surface area (Å²) >= 11 is 0. The highest BCUT2D eigenvalue weighted by Crippen LogP contribution is 2.24. The van der Waals surface area contributed by atoms with Crippen LogP contribution in [0.25, 0.3) is 5.69 Å². The SMILES string of the molecule is COc1cccc(CN(Cc2ccc(-n3cccn3)cc2)c2ccnc(CN3CC(=O)NCC3=O)c2)c1. The molecule has 1 aliphatic rings. The average Bonchev–Trinajstić information content (AvgIpc) is 3.46.